The largest absolute Gasteiger partial charge is 0.387 e. The predicted molar refractivity (Wildman–Crippen MR) is 152 cm³/mol. The molecule has 0 heterocycles. The molecular weight excluding hydrogens is 504 g/mol. The molecule has 1 aliphatic carbocycles. The molecule has 2 unspecified atom stereocenters. The third-order valence-corrected chi connectivity index (χ3v) is 7.14. The highest BCUT2D eigenvalue weighted by molar-refractivity contribution is 5.17. The van der Waals surface area contributed by atoms with Crippen molar-refractivity contribution < 1.29 is 29.2 Å². The molecule has 1 saturated carbocycles. The van der Waals surface area contributed by atoms with Crippen LogP contribution in [-0.4, -0.2) is 46.8 Å². The summed E-state index contributed by atoms with van der Waals surface area (Å²) in [5.74, 6) is 0. The minimum absolute atomic E-state index is 0.228. The fourth-order valence-corrected chi connectivity index (χ4v) is 4.99. The lowest BCUT2D eigenvalue weighted by Crippen LogP contribution is -2.66. The molecule has 6 atom stereocenters. The van der Waals surface area contributed by atoms with Crippen molar-refractivity contribution in [2.24, 2.45) is 0 Å². The monoisotopic (exact) mass is 540 g/mol. The number of benzene rings is 4. The van der Waals surface area contributed by atoms with Gasteiger partial charge >= 0.3 is 0 Å². The van der Waals surface area contributed by atoms with Crippen LogP contribution in [0.1, 0.15) is 22.3 Å². The zero-order chi connectivity index (χ0) is 27.6. The van der Waals surface area contributed by atoms with Gasteiger partial charge in [0.25, 0.3) is 0 Å². The topological polar surface area (TPSA) is 77.4 Å². The van der Waals surface area contributed by atoms with Gasteiger partial charge in [0, 0.05) is 0 Å². The standard InChI is InChI=1S/C34H36O6/c35-29-31(37-21-25-13-5-1-6-14-25)30(36)33(39-23-27-17-9-3-10-18-27)34(40-24-28-19-11-4-12-20-28)32(29)38-22-26-15-7-2-8-16-26/h1-20,29-36H,21-24H2/t29-,30+,31?,32-,33-,34?/m1/s1. The quantitative estimate of drug-likeness (QED) is 0.262. The van der Waals surface area contributed by atoms with Gasteiger partial charge in [0.2, 0.25) is 0 Å². The van der Waals surface area contributed by atoms with Gasteiger partial charge in [-0.05, 0) is 22.3 Å². The lowest BCUT2D eigenvalue weighted by Gasteiger charge is -2.47. The van der Waals surface area contributed by atoms with Crippen LogP contribution in [0.4, 0.5) is 0 Å². The van der Waals surface area contributed by atoms with Gasteiger partial charge in [0.15, 0.2) is 0 Å². The Labute approximate surface area is 235 Å². The van der Waals surface area contributed by atoms with E-state index < -0.39 is 36.6 Å². The number of ether oxygens (including phenoxy) is 4. The molecule has 0 radical (unpaired) electrons. The van der Waals surface area contributed by atoms with Gasteiger partial charge in [-0.15, -0.1) is 0 Å². The molecule has 6 nitrogen and oxygen atoms in total. The van der Waals surface area contributed by atoms with E-state index >= 15 is 0 Å². The summed E-state index contributed by atoms with van der Waals surface area (Å²) in [6.45, 7) is 1.03. The van der Waals surface area contributed by atoms with E-state index in [1.807, 2.05) is 121 Å². The van der Waals surface area contributed by atoms with Gasteiger partial charge < -0.3 is 29.2 Å². The van der Waals surface area contributed by atoms with Crippen LogP contribution in [0.2, 0.25) is 0 Å². The molecule has 40 heavy (non-hydrogen) atoms. The summed E-state index contributed by atoms with van der Waals surface area (Å²) in [6.07, 6.45) is -5.63. The Morgan fingerprint density at radius 1 is 0.350 bits per heavy atom. The summed E-state index contributed by atoms with van der Waals surface area (Å²) >= 11 is 0. The average Bonchev–Trinajstić information content (AvgIpc) is 3.01. The third-order valence-electron chi connectivity index (χ3n) is 7.14. The minimum Gasteiger partial charge on any atom is -0.387 e. The molecule has 0 spiro atoms. The Balaban J connectivity index is 1.41. The first kappa shape index (κ1) is 28.2. The molecule has 4 aromatic carbocycles. The van der Waals surface area contributed by atoms with Gasteiger partial charge in [0.05, 0.1) is 26.4 Å². The Kier molecular flexibility index (Phi) is 10.1. The van der Waals surface area contributed by atoms with E-state index in [4.69, 9.17) is 18.9 Å². The summed E-state index contributed by atoms with van der Waals surface area (Å²) in [6, 6.07) is 39.0. The van der Waals surface area contributed by atoms with Crippen LogP contribution in [0.15, 0.2) is 121 Å². The Morgan fingerprint density at radius 2 is 0.600 bits per heavy atom. The Hall–Kier alpha value is -3.36. The second-order valence-electron chi connectivity index (χ2n) is 10.0. The van der Waals surface area contributed by atoms with E-state index in [1.54, 1.807) is 0 Å². The van der Waals surface area contributed by atoms with Crippen LogP contribution in [-0.2, 0) is 45.4 Å². The predicted octanol–water partition coefficient (Wildman–Crippen LogP) is 5.06. The number of hydrogen-bond donors (Lipinski definition) is 2. The highest BCUT2D eigenvalue weighted by atomic mass is 16.6. The first-order chi connectivity index (χ1) is 19.7. The summed E-state index contributed by atoms with van der Waals surface area (Å²) in [4.78, 5) is 0. The second kappa shape index (κ2) is 14.3. The Bertz CT molecular complexity index is 1200. The van der Waals surface area contributed by atoms with Crippen LogP contribution < -0.4 is 0 Å². The molecule has 6 heteroatoms. The zero-order valence-corrected chi connectivity index (χ0v) is 22.4. The van der Waals surface area contributed by atoms with Gasteiger partial charge in [-0.2, -0.15) is 0 Å². The summed E-state index contributed by atoms with van der Waals surface area (Å²) in [5, 5.41) is 23.2. The van der Waals surface area contributed by atoms with E-state index in [0.717, 1.165) is 22.3 Å². The Morgan fingerprint density at radius 3 is 0.900 bits per heavy atom. The van der Waals surface area contributed by atoms with E-state index in [2.05, 4.69) is 0 Å². The molecule has 0 bridgehead atoms. The molecule has 0 saturated heterocycles. The maximum absolute atomic E-state index is 11.6. The SMILES string of the molecule is O[C@@H]1C(OCc2ccccc2)[C@H](O)[C@@H](OCc2ccccc2)C(OCc2ccccc2)[C@@H]1OCc1ccccc1. The highest BCUT2D eigenvalue weighted by Crippen LogP contribution is 2.32. The number of aliphatic hydroxyl groups is 2. The first-order valence-electron chi connectivity index (χ1n) is 13.7. The van der Waals surface area contributed by atoms with Crippen LogP contribution in [0, 0.1) is 0 Å². The normalized spacial score (nSPS) is 24.6. The van der Waals surface area contributed by atoms with Crippen molar-refractivity contribution in [3.8, 4) is 0 Å². The van der Waals surface area contributed by atoms with Crippen LogP contribution in [0.3, 0.4) is 0 Å². The summed E-state index contributed by atoms with van der Waals surface area (Å²) in [7, 11) is 0. The fraction of sp³-hybridized carbons (Fsp3) is 0.294. The lowest BCUT2D eigenvalue weighted by molar-refractivity contribution is -0.273. The van der Waals surface area contributed by atoms with E-state index in [0.29, 0.717) is 0 Å². The minimum atomic E-state index is -1.15. The highest BCUT2D eigenvalue weighted by Gasteiger charge is 2.52. The first-order valence-corrected chi connectivity index (χ1v) is 13.7. The zero-order valence-electron chi connectivity index (χ0n) is 22.4. The van der Waals surface area contributed by atoms with Crippen molar-refractivity contribution in [1.82, 2.24) is 0 Å². The van der Waals surface area contributed by atoms with E-state index in [9.17, 15) is 10.2 Å². The number of rotatable bonds is 12. The molecule has 0 aromatic heterocycles. The summed E-state index contributed by atoms with van der Waals surface area (Å²) < 4.78 is 25.2. The molecule has 2 N–H and O–H groups in total. The third kappa shape index (κ3) is 7.43. The van der Waals surface area contributed by atoms with Gasteiger partial charge in [-0.25, -0.2) is 0 Å². The van der Waals surface area contributed by atoms with Gasteiger partial charge in [-0.3, -0.25) is 0 Å². The van der Waals surface area contributed by atoms with Gasteiger partial charge in [-0.1, -0.05) is 121 Å². The molecule has 208 valence electrons. The van der Waals surface area contributed by atoms with Crippen molar-refractivity contribution in [1.29, 1.82) is 0 Å². The van der Waals surface area contributed by atoms with Gasteiger partial charge in [0.1, 0.15) is 36.6 Å². The van der Waals surface area contributed by atoms with Crippen LogP contribution in [0.25, 0.3) is 0 Å². The summed E-state index contributed by atoms with van der Waals surface area (Å²) in [5.41, 5.74) is 3.84. The average molecular weight is 541 g/mol. The van der Waals surface area contributed by atoms with Crippen molar-refractivity contribution in [2.45, 2.75) is 63.1 Å². The number of hydrogen-bond acceptors (Lipinski definition) is 6. The van der Waals surface area contributed by atoms with Crippen molar-refractivity contribution in [3.63, 3.8) is 0 Å². The van der Waals surface area contributed by atoms with Crippen molar-refractivity contribution in [3.05, 3.63) is 144 Å². The lowest BCUT2D eigenvalue weighted by atomic mass is 9.84. The van der Waals surface area contributed by atoms with Crippen LogP contribution in [0.5, 0.6) is 0 Å². The molecule has 5 rings (SSSR count). The molecule has 1 fully saturated rings. The van der Waals surface area contributed by atoms with Crippen LogP contribution >= 0.6 is 0 Å². The molecule has 0 amide bonds. The maximum atomic E-state index is 11.6. The fourth-order valence-electron chi connectivity index (χ4n) is 4.99. The maximum Gasteiger partial charge on any atom is 0.116 e. The second-order valence-corrected chi connectivity index (χ2v) is 10.0. The number of aliphatic hydroxyl groups excluding tert-OH is 2. The smallest absolute Gasteiger partial charge is 0.116 e. The van der Waals surface area contributed by atoms with Crippen molar-refractivity contribution >= 4 is 0 Å². The molecule has 4 aromatic rings. The van der Waals surface area contributed by atoms with Crippen molar-refractivity contribution in [2.75, 3.05) is 0 Å². The molecule has 1 aliphatic rings. The molecular formula is C34H36O6. The van der Waals surface area contributed by atoms with E-state index in [1.165, 1.54) is 0 Å². The molecule has 0 aliphatic heterocycles. The van der Waals surface area contributed by atoms with E-state index in [-0.39, 0.29) is 26.4 Å².